The highest BCUT2D eigenvalue weighted by atomic mass is 16.4. The van der Waals surface area contributed by atoms with E-state index in [0.717, 1.165) is 4.90 Å². The van der Waals surface area contributed by atoms with E-state index in [1.807, 2.05) is 0 Å². The van der Waals surface area contributed by atoms with Gasteiger partial charge in [-0.15, -0.1) is 0 Å². The maximum Gasteiger partial charge on any atom is 0.323 e. The first kappa shape index (κ1) is 13.6. The fraction of sp³-hybridized carbons (Fsp3) is 0.154. The smallest absolute Gasteiger partial charge is 0.323 e. The van der Waals surface area contributed by atoms with Crippen LogP contribution in [-0.2, 0) is 11.3 Å². The average Bonchev–Trinajstić information content (AvgIpc) is 2.96. The number of para-hydroxylation sites is 1. The Morgan fingerprint density at radius 3 is 2.65 bits per heavy atom. The summed E-state index contributed by atoms with van der Waals surface area (Å²) in [5, 5.41) is 11.5. The van der Waals surface area contributed by atoms with Gasteiger partial charge in [0, 0.05) is 18.1 Å². The molecule has 2 aromatic rings. The second-order valence-corrected chi connectivity index (χ2v) is 4.01. The monoisotopic (exact) mass is 274 g/mol. The third-order valence-electron chi connectivity index (χ3n) is 2.57. The summed E-state index contributed by atoms with van der Waals surface area (Å²) in [6, 6.07) is 8.14. The second kappa shape index (κ2) is 6.37. The molecule has 0 unspecified atom stereocenters. The number of imidazole rings is 1. The lowest BCUT2D eigenvalue weighted by atomic mass is 10.3. The third kappa shape index (κ3) is 3.58. The highest BCUT2D eigenvalue weighted by molar-refractivity contribution is 5.96. The molecule has 0 atom stereocenters. The highest BCUT2D eigenvalue weighted by Gasteiger charge is 2.18. The van der Waals surface area contributed by atoms with Gasteiger partial charge in [-0.25, -0.2) is 9.78 Å². The summed E-state index contributed by atoms with van der Waals surface area (Å²) in [4.78, 5) is 30.9. The molecule has 0 spiro atoms. The summed E-state index contributed by atoms with van der Waals surface area (Å²) in [5.74, 6) is -0.483. The number of benzene rings is 1. The Bertz CT molecular complexity index is 569. The van der Waals surface area contributed by atoms with Crippen molar-refractivity contribution < 1.29 is 14.7 Å². The van der Waals surface area contributed by atoms with Crippen LogP contribution in [0.4, 0.5) is 10.5 Å². The fourth-order valence-corrected chi connectivity index (χ4v) is 1.67. The Hall–Kier alpha value is -2.83. The van der Waals surface area contributed by atoms with Crippen LogP contribution in [0.2, 0.25) is 0 Å². The van der Waals surface area contributed by atoms with Gasteiger partial charge < -0.3 is 15.4 Å². The summed E-state index contributed by atoms with van der Waals surface area (Å²) >= 11 is 0. The van der Waals surface area contributed by atoms with Crippen molar-refractivity contribution in [2.75, 3.05) is 11.4 Å². The number of nitrogens with one attached hydrogen (secondary N) is 2. The summed E-state index contributed by atoms with van der Waals surface area (Å²) in [6.07, 6.45) is 3.22. The van der Waals surface area contributed by atoms with Crippen molar-refractivity contribution in [2.24, 2.45) is 0 Å². The Morgan fingerprint density at radius 1 is 1.30 bits per heavy atom. The molecule has 3 N–H and O–H groups in total. The van der Waals surface area contributed by atoms with Crippen molar-refractivity contribution >= 4 is 17.7 Å². The van der Waals surface area contributed by atoms with E-state index in [2.05, 4.69) is 15.3 Å². The number of carboxylic acid groups (broad SMARTS) is 1. The van der Waals surface area contributed by atoms with Crippen molar-refractivity contribution in [3.63, 3.8) is 0 Å². The second-order valence-electron chi connectivity index (χ2n) is 4.01. The maximum atomic E-state index is 12.1. The van der Waals surface area contributed by atoms with Gasteiger partial charge in [-0.05, 0) is 12.1 Å². The van der Waals surface area contributed by atoms with E-state index >= 15 is 0 Å². The number of amides is 2. The van der Waals surface area contributed by atoms with E-state index in [4.69, 9.17) is 5.11 Å². The van der Waals surface area contributed by atoms with Crippen LogP contribution in [0.25, 0.3) is 0 Å². The van der Waals surface area contributed by atoms with E-state index in [1.165, 1.54) is 0 Å². The van der Waals surface area contributed by atoms with E-state index in [0.29, 0.717) is 11.5 Å². The SMILES string of the molecule is O=C(O)CN(C(=O)NCc1ncc[nH]1)c1ccccc1. The van der Waals surface area contributed by atoms with Crippen LogP contribution in [0.15, 0.2) is 42.7 Å². The van der Waals surface area contributed by atoms with Gasteiger partial charge >= 0.3 is 12.0 Å². The number of hydrogen-bond acceptors (Lipinski definition) is 3. The minimum Gasteiger partial charge on any atom is -0.480 e. The average molecular weight is 274 g/mol. The first-order valence-electron chi connectivity index (χ1n) is 5.97. The van der Waals surface area contributed by atoms with Crippen molar-refractivity contribution in [3.8, 4) is 0 Å². The number of rotatable bonds is 5. The lowest BCUT2D eigenvalue weighted by Gasteiger charge is -2.21. The summed E-state index contributed by atoms with van der Waals surface area (Å²) < 4.78 is 0. The molecule has 1 aromatic heterocycles. The Labute approximate surface area is 115 Å². The number of carbonyl (C=O) groups is 2. The third-order valence-corrected chi connectivity index (χ3v) is 2.57. The van der Waals surface area contributed by atoms with Crippen LogP contribution in [0.1, 0.15) is 5.82 Å². The molecule has 0 saturated carbocycles. The van der Waals surface area contributed by atoms with Gasteiger partial charge in [0.05, 0.1) is 6.54 Å². The van der Waals surface area contributed by atoms with Crippen LogP contribution in [0, 0.1) is 0 Å². The number of aliphatic carboxylic acids is 1. The molecule has 0 radical (unpaired) electrons. The summed E-state index contributed by atoms with van der Waals surface area (Å²) in [6.45, 7) is -0.206. The van der Waals surface area contributed by atoms with Gasteiger partial charge in [-0.1, -0.05) is 18.2 Å². The highest BCUT2D eigenvalue weighted by Crippen LogP contribution is 2.13. The molecule has 104 valence electrons. The predicted octanol–water partition coefficient (Wildman–Crippen LogP) is 1.21. The van der Waals surface area contributed by atoms with Crippen LogP contribution in [0.3, 0.4) is 0 Å². The number of hydrogen-bond donors (Lipinski definition) is 3. The number of H-pyrrole nitrogens is 1. The van der Waals surface area contributed by atoms with Gasteiger partial charge in [0.25, 0.3) is 0 Å². The van der Waals surface area contributed by atoms with Crippen LogP contribution >= 0.6 is 0 Å². The number of nitrogens with zero attached hydrogens (tertiary/aromatic N) is 2. The molecule has 0 saturated heterocycles. The molecule has 0 aliphatic rings. The Morgan fingerprint density at radius 2 is 2.05 bits per heavy atom. The van der Waals surface area contributed by atoms with E-state index in [1.54, 1.807) is 42.7 Å². The van der Waals surface area contributed by atoms with E-state index < -0.39 is 18.5 Å². The number of aromatic nitrogens is 2. The minimum absolute atomic E-state index is 0.203. The van der Waals surface area contributed by atoms with Gasteiger partial charge in [0.15, 0.2) is 0 Å². The molecule has 0 fully saturated rings. The van der Waals surface area contributed by atoms with Gasteiger partial charge in [-0.2, -0.15) is 0 Å². The standard InChI is InChI=1S/C13H14N4O3/c18-12(19)9-17(10-4-2-1-3-5-10)13(20)16-8-11-14-6-7-15-11/h1-7H,8-9H2,(H,14,15)(H,16,20)(H,18,19). The number of aromatic amines is 1. The normalized spacial score (nSPS) is 10.0. The van der Waals surface area contributed by atoms with Gasteiger partial charge in [0.1, 0.15) is 12.4 Å². The predicted molar refractivity (Wildman–Crippen MR) is 72.2 cm³/mol. The maximum absolute atomic E-state index is 12.1. The Kier molecular flexibility index (Phi) is 4.33. The van der Waals surface area contributed by atoms with E-state index in [9.17, 15) is 9.59 Å². The molecule has 0 aliphatic heterocycles. The first-order valence-corrected chi connectivity index (χ1v) is 5.97. The molecule has 0 aliphatic carbocycles. The molecular formula is C13H14N4O3. The number of urea groups is 1. The molecule has 0 bridgehead atoms. The van der Waals surface area contributed by atoms with Crippen molar-refractivity contribution in [1.82, 2.24) is 15.3 Å². The lowest BCUT2D eigenvalue weighted by molar-refractivity contribution is -0.135. The molecule has 7 heteroatoms. The number of anilines is 1. The zero-order chi connectivity index (χ0) is 14.4. The van der Waals surface area contributed by atoms with Crippen LogP contribution in [-0.4, -0.2) is 33.6 Å². The molecule has 7 nitrogen and oxygen atoms in total. The topological polar surface area (TPSA) is 98.3 Å². The van der Waals surface area contributed by atoms with Gasteiger partial charge in [0.2, 0.25) is 0 Å². The minimum atomic E-state index is -1.08. The first-order chi connectivity index (χ1) is 9.66. The molecule has 1 heterocycles. The zero-order valence-corrected chi connectivity index (χ0v) is 10.6. The number of carboxylic acids is 1. The molecule has 20 heavy (non-hydrogen) atoms. The zero-order valence-electron chi connectivity index (χ0n) is 10.6. The molecule has 2 rings (SSSR count). The van der Waals surface area contributed by atoms with E-state index in [-0.39, 0.29) is 6.54 Å². The van der Waals surface area contributed by atoms with Crippen molar-refractivity contribution in [1.29, 1.82) is 0 Å². The molecule has 2 amide bonds. The van der Waals surface area contributed by atoms with Gasteiger partial charge in [-0.3, -0.25) is 9.69 Å². The fourth-order valence-electron chi connectivity index (χ4n) is 1.67. The molecular weight excluding hydrogens is 260 g/mol. The number of carbonyl (C=O) groups excluding carboxylic acids is 1. The van der Waals surface area contributed by atoms with Crippen molar-refractivity contribution in [3.05, 3.63) is 48.5 Å². The van der Waals surface area contributed by atoms with Crippen LogP contribution < -0.4 is 10.2 Å². The van der Waals surface area contributed by atoms with Crippen molar-refractivity contribution in [2.45, 2.75) is 6.54 Å². The van der Waals surface area contributed by atoms with Crippen LogP contribution in [0.5, 0.6) is 0 Å². The lowest BCUT2D eigenvalue weighted by Crippen LogP contribution is -2.42. The quantitative estimate of drug-likeness (QED) is 0.763. The molecule has 1 aromatic carbocycles. The summed E-state index contributed by atoms with van der Waals surface area (Å²) in [5.41, 5.74) is 0.520. The largest absolute Gasteiger partial charge is 0.480 e. The Balaban J connectivity index is 2.06. The summed E-state index contributed by atoms with van der Waals surface area (Å²) in [7, 11) is 0.